The number of nitrogens with zero attached hydrogens (tertiary/aromatic N) is 3. The summed E-state index contributed by atoms with van der Waals surface area (Å²) in [5.74, 6) is 0.806. The zero-order chi connectivity index (χ0) is 8.55. The van der Waals surface area contributed by atoms with Crippen molar-refractivity contribution < 1.29 is 0 Å². The Bertz CT molecular complexity index is 315. The Labute approximate surface area is 76.0 Å². The summed E-state index contributed by atoms with van der Waals surface area (Å²) in [6.45, 7) is 2.27. The van der Waals surface area contributed by atoms with E-state index in [1.54, 1.807) is 0 Å². The Morgan fingerprint density at radius 2 is 2.42 bits per heavy atom. The number of aromatic nitrogens is 4. The predicted octanol–water partition coefficient (Wildman–Crippen LogP) is 1.70. The Morgan fingerprint density at radius 1 is 1.58 bits per heavy atom. The Kier molecular flexibility index (Phi) is 1.96. The van der Waals surface area contributed by atoms with Crippen LogP contribution in [0.4, 0.5) is 0 Å². The maximum Gasteiger partial charge on any atom is 0.238 e. The number of rotatable bonds is 1. The van der Waals surface area contributed by atoms with Gasteiger partial charge in [0, 0.05) is 0 Å². The van der Waals surface area contributed by atoms with Crippen molar-refractivity contribution in [1.29, 1.82) is 0 Å². The summed E-state index contributed by atoms with van der Waals surface area (Å²) < 4.78 is 2.48. The second kappa shape index (κ2) is 2.97. The second-order valence-electron chi connectivity index (χ2n) is 3.52. The van der Waals surface area contributed by atoms with Crippen LogP contribution >= 0.6 is 12.2 Å². The van der Waals surface area contributed by atoms with Crippen molar-refractivity contribution in [3.8, 4) is 0 Å². The van der Waals surface area contributed by atoms with E-state index in [9.17, 15) is 0 Å². The van der Waals surface area contributed by atoms with Crippen molar-refractivity contribution in [2.75, 3.05) is 0 Å². The van der Waals surface area contributed by atoms with Gasteiger partial charge in [0.05, 0.1) is 6.04 Å². The number of aromatic amines is 1. The summed E-state index contributed by atoms with van der Waals surface area (Å²) in [7, 11) is 0. The van der Waals surface area contributed by atoms with Crippen molar-refractivity contribution in [3.63, 3.8) is 0 Å². The van der Waals surface area contributed by atoms with Crippen molar-refractivity contribution in [1.82, 2.24) is 20.2 Å². The molecule has 1 fully saturated rings. The van der Waals surface area contributed by atoms with Gasteiger partial charge in [-0.25, -0.2) is 4.68 Å². The zero-order valence-corrected chi connectivity index (χ0v) is 7.84. The highest BCUT2D eigenvalue weighted by Gasteiger charge is 2.23. The molecule has 1 aliphatic rings. The molecule has 12 heavy (non-hydrogen) atoms. The van der Waals surface area contributed by atoms with Gasteiger partial charge in [-0.05, 0) is 37.4 Å². The average molecular weight is 184 g/mol. The molecule has 66 valence electrons. The van der Waals surface area contributed by atoms with Gasteiger partial charge < -0.3 is 0 Å². The molecule has 1 aromatic heterocycles. The molecule has 4 nitrogen and oxygen atoms in total. The molecule has 2 unspecified atom stereocenters. The first-order chi connectivity index (χ1) is 5.77. The molecule has 0 saturated heterocycles. The van der Waals surface area contributed by atoms with Crippen LogP contribution in [-0.2, 0) is 0 Å². The van der Waals surface area contributed by atoms with Crippen LogP contribution in [0.15, 0.2) is 0 Å². The summed E-state index contributed by atoms with van der Waals surface area (Å²) in [4.78, 5) is 0. The van der Waals surface area contributed by atoms with Crippen LogP contribution in [0, 0.1) is 10.7 Å². The third-order valence-corrected chi connectivity index (χ3v) is 2.80. The first-order valence-corrected chi connectivity index (χ1v) is 4.68. The molecule has 5 heteroatoms. The minimum atomic E-state index is 0.502. The van der Waals surface area contributed by atoms with E-state index in [0.29, 0.717) is 10.8 Å². The fraction of sp³-hybridized carbons (Fsp3) is 0.857. The molecule has 1 heterocycles. The standard InChI is InChI=1S/C7H12N4S/c1-5-2-3-6(4-5)11-7(12)8-9-10-11/h5-6H,2-4H2,1H3,(H,8,10,12). The minimum absolute atomic E-state index is 0.502. The summed E-state index contributed by atoms with van der Waals surface area (Å²) >= 11 is 5.02. The van der Waals surface area contributed by atoms with Gasteiger partial charge >= 0.3 is 0 Å². The Hall–Kier alpha value is -0.710. The molecule has 1 saturated carbocycles. The van der Waals surface area contributed by atoms with Gasteiger partial charge in [0.15, 0.2) is 0 Å². The fourth-order valence-corrected chi connectivity index (χ4v) is 2.08. The first-order valence-electron chi connectivity index (χ1n) is 4.27. The third kappa shape index (κ3) is 1.29. The molecule has 1 aromatic rings. The van der Waals surface area contributed by atoms with Crippen molar-refractivity contribution in [3.05, 3.63) is 4.77 Å². The minimum Gasteiger partial charge on any atom is -0.239 e. The van der Waals surface area contributed by atoms with Crippen LogP contribution in [0.3, 0.4) is 0 Å². The lowest BCUT2D eigenvalue weighted by Crippen LogP contribution is -2.07. The van der Waals surface area contributed by atoms with E-state index in [-0.39, 0.29) is 0 Å². The predicted molar refractivity (Wildman–Crippen MR) is 47.3 cm³/mol. The molecule has 0 amide bonds. The van der Waals surface area contributed by atoms with Gasteiger partial charge in [-0.15, -0.1) is 0 Å². The normalized spacial score (nSPS) is 29.4. The van der Waals surface area contributed by atoms with E-state index in [0.717, 1.165) is 5.92 Å². The van der Waals surface area contributed by atoms with E-state index < -0.39 is 0 Å². The lowest BCUT2D eigenvalue weighted by Gasteiger charge is -2.08. The summed E-state index contributed by atoms with van der Waals surface area (Å²) in [5, 5.41) is 10.3. The number of hydrogen-bond acceptors (Lipinski definition) is 3. The van der Waals surface area contributed by atoms with E-state index >= 15 is 0 Å². The van der Waals surface area contributed by atoms with Gasteiger partial charge in [-0.1, -0.05) is 17.2 Å². The van der Waals surface area contributed by atoms with Crippen LogP contribution in [0.5, 0.6) is 0 Å². The molecule has 0 spiro atoms. The smallest absolute Gasteiger partial charge is 0.238 e. The van der Waals surface area contributed by atoms with Gasteiger partial charge in [0.25, 0.3) is 0 Å². The third-order valence-electron chi connectivity index (χ3n) is 2.53. The molecule has 0 aliphatic heterocycles. The molecular weight excluding hydrogens is 172 g/mol. The van der Waals surface area contributed by atoms with Crippen molar-refractivity contribution in [2.24, 2.45) is 5.92 Å². The highest BCUT2D eigenvalue weighted by molar-refractivity contribution is 7.71. The van der Waals surface area contributed by atoms with E-state index in [2.05, 4.69) is 22.4 Å². The van der Waals surface area contributed by atoms with Crippen LogP contribution < -0.4 is 0 Å². The monoisotopic (exact) mass is 184 g/mol. The molecule has 2 rings (SSSR count). The maximum atomic E-state index is 5.02. The molecule has 0 radical (unpaired) electrons. The van der Waals surface area contributed by atoms with Gasteiger partial charge in [-0.2, -0.15) is 5.21 Å². The van der Waals surface area contributed by atoms with Crippen LogP contribution in [0.2, 0.25) is 0 Å². The van der Waals surface area contributed by atoms with Crippen LogP contribution in [-0.4, -0.2) is 20.2 Å². The lowest BCUT2D eigenvalue weighted by atomic mass is 10.1. The Morgan fingerprint density at radius 3 is 2.92 bits per heavy atom. The zero-order valence-electron chi connectivity index (χ0n) is 7.03. The molecule has 1 N–H and O–H groups in total. The number of hydrogen-bond donors (Lipinski definition) is 1. The quantitative estimate of drug-likeness (QED) is 0.676. The molecule has 0 aromatic carbocycles. The molecule has 0 bridgehead atoms. The highest BCUT2D eigenvalue weighted by atomic mass is 32.1. The van der Waals surface area contributed by atoms with Gasteiger partial charge in [-0.3, -0.25) is 0 Å². The molecule has 1 aliphatic carbocycles. The summed E-state index contributed by atoms with van der Waals surface area (Å²) in [5.41, 5.74) is 0. The maximum absolute atomic E-state index is 5.02. The number of tetrazole rings is 1. The topological polar surface area (TPSA) is 46.5 Å². The number of H-pyrrole nitrogens is 1. The Balaban J connectivity index is 2.21. The van der Waals surface area contributed by atoms with Crippen molar-refractivity contribution in [2.45, 2.75) is 32.2 Å². The second-order valence-corrected chi connectivity index (χ2v) is 3.89. The van der Waals surface area contributed by atoms with E-state index in [1.165, 1.54) is 19.3 Å². The van der Waals surface area contributed by atoms with Crippen molar-refractivity contribution >= 4 is 12.2 Å². The van der Waals surface area contributed by atoms with Gasteiger partial charge in [0.1, 0.15) is 0 Å². The lowest BCUT2D eigenvalue weighted by molar-refractivity contribution is 0.434. The largest absolute Gasteiger partial charge is 0.239 e. The molecular formula is C7H12N4S. The SMILES string of the molecule is CC1CCC(n2[nH]nnc2=S)C1. The van der Waals surface area contributed by atoms with Crippen LogP contribution in [0.1, 0.15) is 32.2 Å². The van der Waals surface area contributed by atoms with Crippen LogP contribution in [0.25, 0.3) is 0 Å². The van der Waals surface area contributed by atoms with E-state index in [1.807, 2.05) is 4.68 Å². The first kappa shape index (κ1) is 7.91. The summed E-state index contributed by atoms with van der Waals surface area (Å²) in [6.07, 6.45) is 3.67. The van der Waals surface area contributed by atoms with Gasteiger partial charge in [0.2, 0.25) is 4.77 Å². The van der Waals surface area contributed by atoms with E-state index in [4.69, 9.17) is 12.2 Å². The summed E-state index contributed by atoms with van der Waals surface area (Å²) in [6, 6.07) is 0.502. The fourth-order valence-electron chi connectivity index (χ4n) is 1.85. The average Bonchev–Trinajstić information content (AvgIpc) is 2.58. The highest BCUT2D eigenvalue weighted by Crippen LogP contribution is 2.33. The molecule has 2 atom stereocenters. The number of nitrogens with one attached hydrogen (secondary N) is 1.